The molecule has 2 aliphatic heterocycles. The lowest BCUT2D eigenvalue weighted by atomic mass is 10.0. The number of nitrogen functional groups attached to an aromatic ring is 1. The minimum atomic E-state index is -4.44. The van der Waals surface area contributed by atoms with E-state index < -0.39 is 17.5 Å². The van der Waals surface area contributed by atoms with Gasteiger partial charge in [-0.15, -0.1) is 0 Å². The molecule has 2 heterocycles. The lowest BCUT2D eigenvalue weighted by Gasteiger charge is -2.38. The van der Waals surface area contributed by atoms with Gasteiger partial charge < -0.3 is 20.1 Å². The Bertz CT molecular complexity index is 517. The molecule has 2 aliphatic rings. The van der Waals surface area contributed by atoms with Gasteiger partial charge in [0, 0.05) is 37.3 Å². The summed E-state index contributed by atoms with van der Waals surface area (Å²) in [7, 11) is 0. The van der Waals surface area contributed by atoms with E-state index in [0.717, 1.165) is 6.07 Å². The molecule has 0 radical (unpaired) electrons. The fourth-order valence-corrected chi connectivity index (χ4v) is 2.88. The molecule has 0 aliphatic carbocycles. The molecule has 0 unspecified atom stereocenters. The van der Waals surface area contributed by atoms with Crippen LogP contribution in [0, 0.1) is 0 Å². The number of hydrogen-bond donors (Lipinski definition) is 1. The van der Waals surface area contributed by atoms with Crippen molar-refractivity contribution in [2.75, 3.05) is 36.9 Å². The van der Waals surface area contributed by atoms with Gasteiger partial charge in [0.1, 0.15) is 0 Å². The Hall–Kier alpha value is -1.47. The van der Waals surface area contributed by atoms with Crippen molar-refractivity contribution in [1.82, 2.24) is 0 Å². The molecule has 0 amide bonds. The summed E-state index contributed by atoms with van der Waals surface area (Å²) in [6, 6.07) is 4.05. The molecule has 2 saturated heterocycles. The van der Waals surface area contributed by atoms with Crippen LogP contribution in [0.25, 0.3) is 0 Å². The van der Waals surface area contributed by atoms with Gasteiger partial charge in [-0.1, -0.05) is 0 Å². The van der Waals surface area contributed by atoms with E-state index >= 15 is 0 Å². The van der Waals surface area contributed by atoms with Crippen molar-refractivity contribution in [3.63, 3.8) is 0 Å². The third-order valence-corrected chi connectivity index (χ3v) is 4.05. The summed E-state index contributed by atoms with van der Waals surface area (Å²) in [6.45, 7) is 2.36. The van der Waals surface area contributed by atoms with Crippen LogP contribution in [0.1, 0.15) is 18.4 Å². The highest BCUT2D eigenvalue weighted by Gasteiger charge is 2.40. The highest BCUT2D eigenvalue weighted by atomic mass is 19.4. The maximum absolute atomic E-state index is 12.9. The summed E-state index contributed by atoms with van der Waals surface area (Å²) in [6.07, 6.45) is -3.13. The Balaban J connectivity index is 1.76. The van der Waals surface area contributed by atoms with Gasteiger partial charge in [-0.2, -0.15) is 13.2 Å². The molecule has 7 heteroatoms. The van der Waals surface area contributed by atoms with Crippen molar-refractivity contribution in [3.8, 4) is 0 Å². The molecule has 0 bridgehead atoms. The monoisotopic (exact) mass is 302 g/mol. The Kier molecular flexibility index (Phi) is 3.49. The summed E-state index contributed by atoms with van der Waals surface area (Å²) in [4.78, 5) is 1.91. The number of piperidine rings is 1. The van der Waals surface area contributed by atoms with Gasteiger partial charge >= 0.3 is 6.18 Å². The first-order valence-electron chi connectivity index (χ1n) is 6.89. The van der Waals surface area contributed by atoms with Crippen LogP contribution < -0.4 is 10.6 Å². The van der Waals surface area contributed by atoms with Crippen molar-refractivity contribution in [2.45, 2.75) is 24.8 Å². The number of nitrogens with two attached hydrogens (primary N) is 1. The van der Waals surface area contributed by atoms with E-state index in [4.69, 9.17) is 15.2 Å². The molecule has 1 spiro atoms. The highest BCUT2D eigenvalue weighted by molar-refractivity contribution is 5.59. The summed E-state index contributed by atoms with van der Waals surface area (Å²) in [5.74, 6) is -0.531. The van der Waals surface area contributed by atoms with Crippen LogP contribution in [0.5, 0.6) is 0 Å². The summed E-state index contributed by atoms with van der Waals surface area (Å²) >= 11 is 0. The number of benzene rings is 1. The van der Waals surface area contributed by atoms with Crippen molar-refractivity contribution >= 4 is 11.4 Å². The van der Waals surface area contributed by atoms with Gasteiger partial charge in [0.2, 0.25) is 0 Å². The number of nitrogens with zero attached hydrogens (tertiary/aromatic N) is 1. The quantitative estimate of drug-likeness (QED) is 0.810. The van der Waals surface area contributed by atoms with Gasteiger partial charge in [-0.3, -0.25) is 0 Å². The number of rotatable bonds is 1. The van der Waals surface area contributed by atoms with Crippen LogP contribution in [0.4, 0.5) is 24.5 Å². The second-order valence-electron chi connectivity index (χ2n) is 5.36. The number of alkyl halides is 3. The van der Waals surface area contributed by atoms with E-state index in [1.807, 2.05) is 4.90 Å². The van der Waals surface area contributed by atoms with Crippen molar-refractivity contribution in [2.24, 2.45) is 0 Å². The first kappa shape index (κ1) is 14.5. The summed E-state index contributed by atoms with van der Waals surface area (Å²) in [5, 5.41) is 0. The molecule has 0 atom stereocenters. The lowest BCUT2D eigenvalue weighted by Crippen LogP contribution is -2.45. The zero-order valence-electron chi connectivity index (χ0n) is 11.4. The third kappa shape index (κ3) is 2.80. The van der Waals surface area contributed by atoms with Crippen LogP contribution >= 0.6 is 0 Å². The van der Waals surface area contributed by atoms with Gasteiger partial charge in [-0.05, 0) is 18.2 Å². The van der Waals surface area contributed by atoms with Crippen LogP contribution in [-0.2, 0) is 15.7 Å². The zero-order valence-corrected chi connectivity index (χ0v) is 11.4. The number of halogens is 3. The van der Waals surface area contributed by atoms with Gasteiger partial charge in [0.15, 0.2) is 5.79 Å². The lowest BCUT2D eigenvalue weighted by molar-refractivity contribution is -0.169. The predicted molar refractivity (Wildman–Crippen MR) is 71.9 cm³/mol. The molecule has 1 aromatic rings. The molecule has 2 N–H and O–H groups in total. The van der Waals surface area contributed by atoms with E-state index in [0.29, 0.717) is 44.8 Å². The average molecular weight is 302 g/mol. The fourth-order valence-electron chi connectivity index (χ4n) is 2.88. The molecule has 2 fully saturated rings. The van der Waals surface area contributed by atoms with E-state index in [2.05, 4.69) is 0 Å². The molecular formula is C14H17F3N2O2. The molecular weight excluding hydrogens is 285 g/mol. The fraction of sp³-hybridized carbons (Fsp3) is 0.571. The second-order valence-corrected chi connectivity index (χ2v) is 5.36. The third-order valence-electron chi connectivity index (χ3n) is 4.05. The topological polar surface area (TPSA) is 47.7 Å². The number of hydrogen-bond acceptors (Lipinski definition) is 4. The maximum Gasteiger partial charge on any atom is 0.418 e. The largest absolute Gasteiger partial charge is 0.418 e. The highest BCUT2D eigenvalue weighted by Crippen LogP contribution is 2.38. The molecule has 0 aromatic heterocycles. The van der Waals surface area contributed by atoms with Crippen molar-refractivity contribution in [1.29, 1.82) is 0 Å². The minimum absolute atomic E-state index is 0.248. The molecule has 4 nitrogen and oxygen atoms in total. The standard InChI is InChI=1S/C14H17F3N2O2/c15-14(16,17)11-9-10(1-2-12(11)18)19-5-3-13(4-6-19)20-7-8-21-13/h1-2,9H,3-8,18H2. The second kappa shape index (κ2) is 5.06. The van der Waals surface area contributed by atoms with Crippen LogP contribution in [0.2, 0.25) is 0 Å². The molecule has 116 valence electrons. The van der Waals surface area contributed by atoms with E-state index in [1.54, 1.807) is 6.07 Å². The molecule has 21 heavy (non-hydrogen) atoms. The SMILES string of the molecule is Nc1ccc(N2CCC3(CC2)OCCO3)cc1C(F)(F)F. The summed E-state index contributed by atoms with van der Waals surface area (Å²) < 4.78 is 49.9. The van der Waals surface area contributed by atoms with Crippen LogP contribution in [0.3, 0.4) is 0 Å². The van der Waals surface area contributed by atoms with E-state index in [1.165, 1.54) is 6.07 Å². The Morgan fingerprint density at radius 1 is 1.10 bits per heavy atom. The Labute approximate surface area is 120 Å². The maximum atomic E-state index is 12.9. The zero-order chi connectivity index (χ0) is 15.1. The number of anilines is 2. The van der Waals surface area contributed by atoms with Gasteiger partial charge in [0.05, 0.1) is 18.8 Å². The van der Waals surface area contributed by atoms with E-state index in [-0.39, 0.29) is 5.69 Å². The first-order chi connectivity index (χ1) is 9.90. The Morgan fingerprint density at radius 3 is 2.29 bits per heavy atom. The van der Waals surface area contributed by atoms with E-state index in [9.17, 15) is 13.2 Å². The molecule has 0 saturated carbocycles. The molecule has 3 rings (SSSR count). The minimum Gasteiger partial charge on any atom is -0.398 e. The van der Waals surface area contributed by atoms with Crippen molar-refractivity contribution < 1.29 is 22.6 Å². The predicted octanol–water partition coefficient (Wildman–Crippen LogP) is 2.63. The van der Waals surface area contributed by atoms with Crippen LogP contribution in [-0.4, -0.2) is 32.1 Å². The van der Waals surface area contributed by atoms with Crippen LogP contribution in [0.15, 0.2) is 18.2 Å². The average Bonchev–Trinajstić information content (AvgIpc) is 2.87. The normalized spacial score (nSPS) is 22.0. The van der Waals surface area contributed by atoms with Gasteiger partial charge in [0.25, 0.3) is 0 Å². The molecule has 1 aromatic carbocycles. The van der Waals surface area contributed by atoms with Crippen molar-refractivity contribution in [3.05, 3.63) is 23.8 Å². The first-order valence-corrected chi connectivity index (χ1v) is 6.89. The number of ether oxygens (including phenoxy) is 2. The van der Waals surface area contributed by atoms with Gasteiger partial charge in [-0.25, -0.2) is 0 Å². The summed E-state index contributed by atoms with van der Waals surface area (Å²) in [5.41, 5.74) is 4.92. The smallest absolute Gasteiger partial charge is 0.398 e. The Morgan fingerprint density at radius 2 is 1.71 bits per heavy atom.